The minimum Gasteiger partial charge on any atom is -0.391 e. The molecule has 2 atom stereocenters. The molecule has 2 unspecified atom stereocenters. The molecular formula is C4H10O4P+. The molecule has 0 aromatic heterocycles. The van der Waals surface area contributed by atoms with Crippen LogP contribution >= 0.6 is 8.03 Å². The Labute approximate surface area is 54.3 Å². The maximum atomic E-state index is 10.3. The molecule has 0 aliphatic heterocycles. The largest absolute Gasteiger partial charge is 0.536 e. The molecule has 0 amide bonds. The van der Waals surface area contributed by atoms with E-state index in [9.17, 15) is 4.57 Å². The number of aliphatic hydroxyl groups is 2. The minimum atomic E-state index is -1.97. The van der Waals surface area contributed by atoms with Gasteiger partial charge < -0.3 is 10.2 Å². The monoisotopic (exact) mass is 153 g/mol. The summed E-state index contributed by atoms with van der Waals surface area (Å²) in [6.07, 6.45) is -1.11. The van der Waals surface area contributed by atoms with Crippen molar-refractivity contribution in [3.63, 3.8) is 0 Å². The van der Waals surface area contributed by atoms with Gasteiger partial charge in [-0.3, -0.25) is 0 Å². The van der Waals surface area contributed by atoms with E-state index in [-0.39, 0.29) is 6.61 Å². The van der Waals surface area contributed by atoms with Crippen molar-refractivity contribution < 1.29 is 19.3 Å². The molecule has 0 aliphatic rings. The number of hydrogen-bond donors (Lipinski definition) is 2. The highest BCUT2D eigenvalue weighted by Crippen LogP contribution is 2.19. The molecule has 0 saturated heterocycles. The van der Waals surface area contributed by atoms with Crippen molar-refractivity contribution in [2.75, 3.05) is 13.0 Å². The zero-order valence-corrected chi connectivity index (χ0v) is 6.04. The first-order chi connectivity index (χ1) is 4.16. The van der Waals surface area contributed by atoms with Crippen LogP contribution in [0.5, 0.6) is 0 Å². The van der Waals surface area contributed by atoms with Crippen LogP contribution in [0.4, 0.5) is 0 Å². The average molecular weight is 153 g/mol. The van der Waals surface area contributed by atoms with E-state index in [0.29, 0.717) is 0 Å². The van der Waals surface area contributed by atoms with E-state index in [1.54, 1.807) is 0 Å². The number of rotatable bonds is 4. The molecule has 4 nitrogen and oxygen atoms in total. The standard InChI is InChI=1S/C4H10O4P/c1-4(6)2-8-9(7)3-5/h4-6H,2-3H2,1H3/q+1. The zero-order valence-electron chi connectivity index (χ0n) is 5.15. The molecule has 0 heterocycles. The lowest BCUT2D eigenvalue weighted by atomic mass is 10.5. The summed E-state index contributed by atoms with van der Waals surface area (Å²) >= 11 is 0. The van der Waals surface area contributed by atoms with E-state index in [2.05, 4.69) is 4.52 Å². The van der Waals surface area contributed by atoms with Crippen LogP contribution in [-0.4, -0.2) is 29.3 Å². The smallest absolute Gasteiger partial charge is 0.391 e. The molecule has 0 radical (unpaired) electrons. The Kier molecular flexibility index (Phi) is 4.81. The Balaban J connectivity index is 3.17. The van der Waals surface area contributed by atoms with Gasteiger partial charge in [0.1, 0.15) is 6.61 Å². The van der Waals surface area contributed by atoms with Gasteiger partial charge in [-0.25, -0.2) is 0 Å². The maximum Gasteiger partial charge on any atom is 0.536 e. The molecule has 9 heavy (non-hydrogen) atoms. The van der Waals surface area contributed by atoms with Gasteiger partial charge in [-0.05, 0) is 11.5 Å². The van der Waals surface area contributed by atoms with E-state index < -0.39 is 20.5 Å². The molecule has 0 saturated carbocycles. The van der Waals surface area contributed by atoms with Crippen LogP contribution in [0.15, 0.2) is 0 Å². The van der Waals surface area contributed by atoms with Crippen molar-refractivity contribution in [3.8, 4) is 0 Å². The van der Waals surface area contributed by atoms with Gasteiger partial charge in [0, 0.05) is 0 Å². The third-order valence-electron chi connectivity index (χ3n) is 0.575. The normalized spacial score (nSPS) is 15.2. The Morgan fingerprint density at radius 2 is 2.33 bits per heavy atom. The van der Waals surface area contributed by atoms with E-state index in [1.807, 2.05) is 0 Å². The Morgan fingerprint density at radius 1 is 1.78 bits per heavy atom. The van der Waals surface area contributed by atoms with Gasteiger partial charge in [0.05, 0.1) is 6.10 Å². The molecule has 0 rings (SSSR count). The van der Waals surface area contributed by atoms with E-state index >= 15 is 0 Å². The average Bonchev–Trinajstić information content (AvgIpc) is 1.83. The first-order valence-electron chi connectivity index (χ1n) is 2.53. The lowest BCUT2D eigenvalue weighted by Crippen LogP contribution is -2.06. The Morgan fingerprint density at radius 3 is 2.67 bits per heavy atom. The molecule has 0 aromatic carbocycles. The van der Waals surface area contributed by atoms with Gasteiger partial charge >= 0.3 is 8.03 Å². The summed E-state index contributed by atoms with van der Waals surface area (Å²) in [5, 5.41) is 16.7. The first-order valence-corrected chi connectivity index (χ1v) is 3.89. The van der Waals surface area contributed by atoms with Crippen molar-refractivity contribution in [3.05, 3.63) is 0 Å². The van der Waals surface area contributed by atoms with Gasteiger partial charge in [0.25, 0.3) is 6.35 Å². The summed E-state index contributed by atoms with van der Waals surface area (Å²) in [7, 11) is -1.97. The highest BCUT2D eigenvalue weighted by molar-refractivity contribution is 7.38. The second-order valence-corrected chi connectivity index (χ2v) is 2.83. The molecule has 54 valence electrons. The van der Waals surface area contributed by atoms with Crippen molar-refractivity contribution in [2.45, 2.75) is 13.0 Å². The zero-order chi connectivity index (χ0) is 7.28. The van der Waals surface area contributed by atoms with Crippen LogP contribution in [0.25, 0.3) is 0 Å². The fourth-order valence-electron chi connectivity index (χ4n) is 0.232. The molecule has 0 fully saturated rings. The highest BCUT2D eigenvalue weighted by atomic mass is 31.1. The maximum absolute atomic E-state index is 10.3. The summed E-state index contributed by atoms with van der Waals surface area (Å²) < 4.78 is 14.7. The molecule has 0 bridgehead atoms. The lowest BCUT2D eigenvalue weighted by Gasteiger charge is -1.93. The lowest BCUT2D eigenvalue weighted by molar-refractivity contribution is 0.125. The predicted molar refractivity (Wildman–Crippen MR) is 32.3 cm³/mol. The van der Waals surface area contributed by atoms with Crippen LogP contribution in [0.2, 0.25) is 0 Å². The predicted octanol–water partition coefficient (Wildman–Crippen LogP) is 0.0760. The molecule has 5 heteroatoms. The summed E-state index contributed by atoms with van der Waals surface area (Å²) in [6, 6.07) is 0. The van der Waals surface area contributed by atoms with Crippen LogP contribution in [0.3, 0.4) is 0 Å². The van der Waals surface area contributed by atoms with Crippen molar-refractivity contribution in [2.24, 2.45) is 0 Å². The van der Waals surface area contributed by atoms with Gasteiger partial charge in [-0.15, -0.1) is 4.52 Å². The SMILES string of the molecule is CC(O)CO[P+](=O)CO. The van der Waals surface area contributed by atoms with Crippen LogP contribution in [-0.2, 0) is 9.09 Å². The molecule has 2 N–H and O–H groups in total. The third-order valence-corrected chi connectivity index (χ3v) is 1.24. The quantitative estimate of drug-likeness (QED) is 0.561. The highest BCUT2D eigenvalue weighted by Gasteiger charge is 2.15. The fraction of sp³-hybridized carbons (Fsp3) is 1.00. The molecule has 0 aliphatic carbocycles. The van der Waals surface area contributed by atoms with Crippen molar-refractivity contribution in [1.82, 2.24) is 0 Å². The second kappa shape index (κ2) is 4.82. The molecule has 0 aromatic rings. The van der Waals surface area contributed by atoms with Crippen molar-refractivity contribution >= 4 is 8.03 Å². The second-order valence-electron chi connectivity index (χ2n) is 1.62. The van der Waals surface area contributed by atoms with Gasteiger partial charge in [0.2, 0.25) is 0 Å². The Bertz CT molecular complexity index is 92.6. The first kappa shape index (κ1) is 8.98. The summed E-state index contributed by atoms with van der Waals surface area (Å²) in [5.74, 6) is 0. The van der Waals surface area contributed by atoms with Gasteiger partial charge in [-0.2, -0.15) is 0 Å². The summed E-state index contributed by atoms with van der Waals surface area (Å²) in [4.78, 5) is 0. The summed E-state index contributed by atoms with van der Waals surface area (Å²) in [6.45, 7) is 1.52. The van der Waals surface area contributed by atoms with E-state index in [1.165, 1.54) is 6.92 Å². The fourth-order valence-corrected chi connectivity index (χ4v) is 0.695. The van der Waals surface area contributed by atoms with E-state index in [0.717, 1.165) is 0 Å². The summed E-state index contributed by atoms with van der Waals surface area (Å²) in [5.41, 5.74) is 0. The number of hydrogen-bond acceptors (Lipinski definition) is 4. The van der Waals surface area contributed by atoms with Gasteiger partial charge in [0.15, 0.2) is 0 Å². The minimum absolute atomic E-state index is 0.00969. The van der Waals surface area contributed by atoms with Crippen LogP contribution in [0.1, 0.15) is 6.92 Å². The molecular weight excluding hydrogens is 143 g/mol. The molecule has 0 spiro atoms. The van der Waals surface area contributed by atoms with Gasteiger partial charge in [-0.1, -0.05) is 0 Å². The van der Waals surface area contributed by atoms with Crippen LogP contribution in [0, 0.1) is 0 Å². The third kappa shape index (κ3) is 5.86. The Hall–Kier alpha value is -0.0200. The topological polar surface area (TPSA) is 66.8 Å². The number of aliphatic hydroxyl groups excluding tert-OH is 2. The van der Waals surface area contributed by atoms with E-state index in [4.69, 9.17) is 10.2 Å². The van der Waals surface area contributed by atoms with Crippen LogP contribution < -0.4 is 0 Å². The van der Waals surface area contributed by atoms with Crippen molar-refractivity contribution in [1.29, 1.82) is 0 Å².